The van der Waals surface area contributed by atoms with E-state index in [1.165, 1.54) is 18.2 Å². The van der Waals surface area contributed by atoms with Crippen molar-refractivity contribution < 1.29 is 17.9 Å². The fourth-order valence-corrected chi connectivity index (χ4v) is 1.76. The monoisotopic (exact) mass is 280 g/mol. The molecular formula is C14H11F3N2O. The van der Waals surface area contributed by atoms with Crippen LogP contribution in [0.5, 0.6) is 5.75 Å². The van der Waals surface area contributed by atoms with E-state index in [4.69, 9.17) is 6.42 Å². The zero-order chi connectivity index (χ0) is 14.6. The van der Waals surface area contributed by atoms with Gasteiger partial charge in [0.2, 0.25) is 0 Å². The summed E-state index contributed by atoms with van der Waals surface area (Å²) >= 11 is 0. The van der Waals surface area contributed by atoms with Crippen LogP contribution in [0.2, 0.25) is 0 Å². The van der Waals surface area contributed by atoms with Crippen LogP contribution in [0.25, 0.3) is 0 Å². The largest absolute Gasteiger partial charge is 0.573 e. The number of rotatable bonds is 3. The fourth-order valence-electron chi connectivity index (χ4n) is 1.76. The molecule has 1 aliphatic heterocycles. The average molecular weight is 280 g/mol. The SMILES string of the molecule is C#CC1=CN(Cc2cccc(OC(F)(F)F)c2)CN=C1. The van der Waals surface area contributed by atoms with E-state index in [1.54, 1.807) is 18.5 Å². The van der Waals surface area contributed by atoms with Gasteiger partial charge in [-0.1, -0.05) is 18.1 Å². The molecule has 0 unspecified atom stereocenters. The molecule has 0 saturated carbocycles. The highest BCUT2D eigenvalue weighted by Gasteiger charge is 2.31. The van der Waals surface area contributed by atoms with Crippen molar-refractivity contribution in [2.75, 3.05) is 6.67 Å². The van der Waals surface area contributed by atoms with Crippen LogP contribution in [0.4, 0.5) is 13.2 Å². The summed E-state index contributed by atoms with van der Waals surface area (Å²) in [5.41, 5.74) is 1.30. The van der Waals surface area contributed by atoms with Crippen LogP contribution in [0.1, 0.15) is 5.56 Å². The van der Waals surface area contributed by atoms with Gasteiger partial charge < -0.3 is 9.64 Å². The third kappa shape index (κ3) is 4.05. The average Bonchev–Trinajstić information content (AvgIpc) is 2.37. The van der Waals surface area contributed by atoms with Crippen molar-refractivity contribution in [3.05, 3.63) is 41.6 Å². The van der Waals surface area contributed by atoms with Crippen molar-refractivity contribution in [2.24, 2.45) is 4.99 Å². The fraction of sp³-hybridized carbons (Fsp3) is 0.214. The molecule has 1 aliphatic rings. The normalized spacial score (nSPS) is 14.7. The Morgan fingerprint density at radius 3 is 2.90 bits per heavy atom. The third-order valence-corrected chi connectivity index (χ3v) is 2.50. The number of hydrogen-bond donors (Lipinski definition) is 0. The van der Waals surface area contributed by atoms with Crippen LogP contribution in [0.15, 0.2) is 41.0 Å². The number of allylic oxidation sites excluding steroid dienone is 1. The van der Waals surface area contributed by atoms with E-state index in [1.807, 2.05) is 4.90 Å². The van der Waals surface area contributed by atoms with Crippen molar-refractivity contribution in [2.45, 2.75) is 12.9 Å². The third-order valence-electron chi connectivity index (χ3n) is 2.50. The van der Waals surface area contributed by atoms with Crippen molar-refractivity contribution in [3.8, 4) is 18.1 Å². The number of nitrogens with zero attached hydrogens (tertiary/aromatic N) is 2. The van der Waals surface area contributed by atoms with Crippen molar-refractivity contribution in [1.29, 1.82) is 0 Å². The molecule has 0 aliphatic carbocycles. The van der Waals surface area contributed by atoms with E-state index in [0.717, 1.165) is 0 Å². The Balaban J connectivity index is 2.07. The highest BCUT2D eigenvalue weighted by molar-refractivity contribution is 5.84. The van der Waals surface area contributed by atoms with Crippen LogP contribution in [-0.2, 0) is 6.54 Å². The van der Waals surface area contributed by atoms with Gasteiger partial charge in [0.25, 0.3) is 0 Å². The smallest absolute Gasteiger partial charge is 0.406 e. The molecule has 0 atom stereocenters. The first-order valence-corrected chi connectivity index (χ1v) is 5.73. The molecule has 1 aromatic rings. The van der Waals surface area contributed by atoms with Gasteiger partial charge in [0.05, 0.1) is 5.57 Å². The van der Waals surface area contributed by atoms with Gasteiger partial charge in [0, 0.05) is 19.0 Å². The molecule has 20 heavy (non-hydrogen) atoms. The maximum absolute atomic E-state index is 12.1. The van der Waals surface area contributed by atoms with Gasteiger partial charge in [0.15, 0.2) is 0 Å². The Morgan fingerprint density at radius 1 is 1.40 bits per heavy atom. The number of terminal acetylenes is 1. The van der Waals surface area contributed by atoms with E-state index in [-0.39, 0.29) is 5.75 Å². The predicted molar refractivity (Wildman–Crippen MR) is 68.9 cm³/mol. The number of ether oxygens (including phenoxy) is 1. The summed E-state index contributed by atoms with van der Waals surface area (Å²) in [6.45, 7) is 0.813. The molecule has 0 radical (unpaired) electrons. The van der Waals surface area contributed by atoms with Gasteiger partial charge in [-0.2, -0.15) is 0 Å². The van der Waals surface area contributed by atoms with Gasteiger partial charge in [0.1, 0.15) is 12.4 Å². The lowest BCUT2D eigenvalue weighted by Gasteiger charge is -2.21. The van der Waals surface area contributed by atoms with Gasteiger partial charge in [-0.3, -0.25) is 4.99 Å². The van der Waals surface area contributed by atoms with Crippen molar-refractivity contribution in [3.63, 3.8) is 0 Å². The zero-order valence-corrected chi connectivity index (χ0v) is 10.4. The minimum atomic E-state index is -4.69. The molecule has 0 aromatic heterocycles. The molecule has 0 amide bonds. The molecule has 6 heteroatoms. The van der Waals surface area contributed by atoms with Gasteiger partial charge in [-0.25, -0.2) is 0 Å². The van der Waals surface area contributed by atoms with Crippen LogP contribution >= 0.6 is 0 Å². The van der Waals surface area contributed by atoms with Gasteiger partial charge >= 0.3 is 6.36 Å². The summed E-state index contributed by atoms with van der Waals surface area (Å²) in [6.07, 6.45) is 3.90. The van der Waals surface area contributed by atoms with Crippen LogP contribution in [0, 0.1) is 12.3 Å². The lowest BCUT2D eigenvalue weighted by atomic mass is 10.2. The molecule has 0 N–H and O–H groups in total. The topological polar surface area (TPSA) is 24.8 Å². The number of halogens is 3. The molecular weight excluding hydrogens is 269 g/mol. The second-order valence-electron chi connectivity index (χ2n) is 4.12. The summed E-state index contributed by atoms with van der Waals surface area (Å²) in [4.78, 5) is 5.88. The molecule has 0 fully saturated rings. The molecule has 0 spiro atoms. The zero-order valence-electron chi connectivity index (χ0n) is 10.4. The first-order chi connectivity index (χ1) is 9.46. The van der Waals surface area contributed by atoms with E-state index < -0.39 is 6.36 Å². The minimum Gasteiger partial charge on any atom is -0.406 e. The summed E-state index contributed by atoms with van der Waals surface area (Å²) < 4.78 is 40.3. The lowest BCUT2D eigenvalue weighted by Crippen LogP contribution is -2.21. The Morgan fingerprint density at radius 2 is 2.20 bits per heavy atom. The summed E-state index contributed by atoms with van der Waals surface area (Å²) in [5, 5.41) is 0. The molecule has 1 aromatic carbocycles. The van der Waals surface area contributed by atoms with Gasteiger partial charge in [-0.15, -0.1) is 19.6 Å². The first-order valence-electron chi connectivity index (χ1n) is 5.73. The Labute approximate surface area is 114 Å². The molecule has 0 bridgehead atoms. The lowest BCUT2D eigenvalue weighted by molar-refractivity contribution is -0.274. The number of benzene rings is 1. The quantitative estimate of drug-likeness (QED) is 0.795. The minimum absolute atomic E-state index is 0.239. The summed E-state index contributed by atoms with van der Waals surface area (Å²) in [6, 6.07) is 5.82. The Bertz CT molecular complexity index is 585. The second-order valence-corrected chi connectivity index (χ2v) is 4.12. The molecule has 1 heterocycles. The first kappa shape index (κ1) is 14.0. The second kappa shape index (κ2) is 5.70. The summed E-state index contributed by atoms with van der Waals surface area (Å²) in [7, 11) is 0. The molecule has 2 rings (SSSR count). The van der Waals surface area contributed by atoms with Crippen molar-refractivity contribution >= 4 is 6.21 Å². The Hall–Kier alpha value is -2.42. The molecule has 0 saturated heterocycles. The highest BCUT2D eigenvalue weighted by atomic mass is 19.4. The molecule has 104 valence electrons. The van der Waals surface area contributed by atoms with E-state index in [2.05, 4.69) is 15.6 Å². The maximum Gasteiger partial charge on any atom is 0.573 e. The number of hydrogen-bond acceptors (Lipinski definition) is 3. The number of aliphatic imine (C=N–C) groups is 1. The van der Waals surface area contributed by atoms with Gasteiger partial charge in [-0.05, 0) is 17.7 Å². The van der Waals surface area contributed by atoms with E-state index in [0.29, 0.717) is 24.4 Å². The van der Waals surface area contributed by atoms with E-state index in [9.17, 15) is 13.2 Å². The maximum atomic E-state index is 12.1. The Kier molecular flexibility index (Phi) is 3.99. The number of alkyl halides is 3. The summed E-state index contributed by atoms with van der Waals surface area (Å²) in [5.74, 6) is 2.22. The van der Waals surface area contributed by atoms with Crippen LogP contribution in [-0.4, -0.2) is 24.1 Å². The standard InChI is InChI=1S/C14H11F3N2O/c1-2-11-7-18-10-19(8-11)9-12-4-3-5-13(6-12)20-14(15,16)17/h1,3-8H,9-10H2. The van der Waals surface area contributed by atoms with Crippen LogP contribution in [0.3, 0.4) is 0 Å². The van der Waals surface area contributed by atoms with E-state index >= 15 is 0 Å². The highest BCUT2D eigenvalue weighted by Crippen LogP contribution is 2.24. The molecule has 3 nitrogen and oxygen atoms in total. The van der Waals surface area contributed by atoms with Crippen LogP contribution < -0.4 is 4.74 Å². The van der Waals surface area contributed by atoms with Crippen molar-refractivity contribution in [1.82, 2.24) is 4.90 Å². The predicted octanol–water partition coefficient (Wildman–Crippen LogP) is 2.95.